The number of hydrogen-bond acceptors (Lipinski definition) is 2. The molecule has 0 spiro atoms. The first-order valence-corrected chi connectivity index (χ1v) is 6.64. The van der Waals surface area contributed by atoms with Crippen LogP contribution in [0.3, 0.4) is 0 Å². The summed E-state index contributed by atoms with van der Waals surface area (Å²) in [6.07, 6.45) is 0. The summed E-state index contributed by atoms with van der Waals surface area (Å²) >= 11 is 1.94. The van der Waals surface area contributed by atoms with E-state index in [2.05, 4.69) is 36.4 Å². The van der Waals surface area contributed by atoms with Crippen LogP contribution in [0.4, 0.5) is 0 Å². The molecule has 0 saturated heterocycles. The Bertz CT molecular complexity index is 456. The quantitative estimate of drug-likeness (QED) is 0.749. The van der Waals surface area contributed by atoms with Crippen LogP contribution in [0.2, 0.25) is 0 Å². The van der Waals surface area contributed by atoms with Gasteiger partial charge in [-0.05, 0) is 0 Å². The summed E-state index contributed by atoms with van der Waals surface area (Å²) in [5.74, 6) is 0. The van der Waals surface area contributed by atoms with Crippen molar-refractivity contribution in [1.82, 2.24) is 0 Å². The van der Waals surface area contributed by atoms with E-state index in [9.17, 15) is 0 Å². The van der Waals surface area contributed by atoms with Crippen molar-refractivity contribution in [1.29, 1.82) is 5.26 Å². The summed E-state index contributed by atoms with van der Waals surface area (Å²) in [4.78, 5) is 0.804. The molecule has 0 fully saturated rings. The first-order valence-electron chi connectivity index (χ1n) is 4.11. The third-order valence-corrected chi connectivity index (χ3v) is 5.17. The third kappa shape index (κ3) is 2.24. The molecule has 0 amide bonds. The number of rotatable bonds is 2. The van der Waals surface area contributed by atoms with Crippen molar-refractivity contribution in [2.75, 3.05) is 0 Å². The van der Waals surface area contributed by atoms with Crippen LogP contribution in [0, 0.1) is 11.3 Å². The molecule has 0 unspecified atom stereocenters. The van der Waals surface area contributed by atoms with Gasteiger partial charge in [0.05, 0.1) is 0 Å². The van der Waals surface area contributed by atoms with Crippen molar-refractivity contribution < 1.29 is 0 Å². The molecule has 0 aliphatic rings. The summed E-state index contributed by atoms with van der Waals surface area (Å²) in [7, 11) is 0. The first kappa shape index (κ1) is 9.48. The molecule has 0 saturated carbocycles. The van der Waals surface area contributed by atoms with Crippen LogP contribution in [0.5, 0.6) is 0 Å². The predicted molar refractivity (Wildman–Crippen MR) is 60.5 cm³/mol. The van der Waals surface area contributed by atoms with Gasteiger partial charge in [-0.15, -0.1) is 0 Å². The van der Waals surface area contributed by atoms with E-state index in [0.717, 1.165) is 4.88 Å². The summed E-state index contributed by atoms with van der Waals surface area (Å²) in [6.45, 7) is 0. The zero-order valence-electron chi connectivity index (χ0n) is 7.31. The molecule has 1 aromatic carbocycles. The van der Waals surface area contributed by atoms with E-state index in [1.54, 1.807) is 11.3 Å². The molecule has 68 valence electrons. The zero-order chi connectivity index (χ0) is 9.80. The Hall–Kier alpha value is -1.07. The van der Waals surface area contributed by atoms with Gasteiger partial charge in [0.1, 0.15) is 0 Å². The van der Waals surface area contributed by atoms with Crippen LogP contribution in [-0.2, 0) is 0 Å². The second-order valence-electron chi connectivity index (χ2n) is 2.65. The fourth-order valence-electron chi connectivity index (χ4n) is 1.04. The molecular formula is C11H7NSSe. The molecule has 1 nitrogen and oxygen atoms in total. The van der Waals surface area contributed by atoms with Crippen molar-refractivity contribution in [3.05, 3.63) is 47.3 Å². The van der Waals surface area contributed by atoms with Crippen molar-refractivity contribution in [3.8, 4) is 6.07 Å². The summed E-state index contributed by atoms with van der Waals surface area (Å²) in [5, 5.41) is 8.68. The molecular weight excluding hydrogens is 257 g/mol. The Balaban J connectivity index is 2.16. The monoisotopic (exact) mass is 265 g/mol. The number of nitriles is 1. The predicted octanol–water partition coefficient (Wildman–Crippen LogP) is 1.27. The fourth-order valence-corrected chi connectivity index (χ4v) is 4.33. The van der Waals surface area contributed by atoms with Crippen LogP contribution >= 0.6 is 11.3 Å². The number of benzene rings is 1. The first-order chi connectivity index (χ1) is 6.88. The van der Waals surface area contributed by atoms with Gasteiger partial charge in [0, 0.05) is 0 Å². The number of hydrogen-bond donors (Lipinski definition) is 0. The zero-order valence-corrected chi connectivity index (χ0v) is 9.83. The van der Waals surface area contributed by atoms with E-state index >= 15 is 0 Å². The normalized spacial score (nSPS) is 9.64. The van der Waals surface area contributed by atoms with Gasteiger partial charge in [-0.25, -0.2) is 0 Å². The van der Waals surface area contributed by atoms with Crippen LogP contribution in [0.15, 0.2) is 42.5 Å². The molecule has 3 heteroatoms. The Morgan fingerprint density at radius 3 is 2.50 bits per heavy atom. The molecule has 2 aromatic rings. The van der Waals surface area contributed by atoms with Crippen LogP contribution in [0.25, 0.3) is 0 Å². The molecule has 2 rings (SSSR count). The molecule has 0 N–H and O–H groups in total. The number of nitrogens with zero attached hydrogens (tertiary/aromatic N) is 1. The molecule has 0 atom stereocenters. The molecule has 14 heavy (non-hydrogen) atoms. The third-order valence-electron chi connectivity index (χ3n) is 1.65. The van der Waals surface area contributed by atoms with Gasteiger partial charge in [-0.3, -0.25) is 0 Å². The van der Waals surface area contributed by atoms with Gasteiger partial charge in [0.25, 0.3) is 0 Å². The fraction of sp³-hybridized carbons (Fsp3) is 0. The van der Waals surface area contributed by atoms with Crippen LogP contribution in [-0.4, -0.2) is 15.0 Å². The Kier molecular flexibility index (Phi) is 3.00. The second-order valence-corrected chi connectivity index (χ2v) is 6.65. The Morgan fingerprint density at radius 1 is 1.07 bits per heavy atom. The van der Waals surface area contributed by atoms with Crippen LogP contribution in [0.1, 0.15) is 4.88 Å². The molecule has 1 aromatic heterocycles. The molecule has 0 bridgehead atoms. The van der Waals surface area contributed by atoms with Crippen molar-refractivity contribution in [2.24, 2.45) is 0 Å². The van der Waals surface area contributed by atoms with Crippen molar-refractivity contribution in [3.63, 3.8) is 0 Å². The van der Waals surface area contributed by atoms with Gasteiger partial charge in [0.15, 0.2) is 0 Å². The van der Waals surface area contributed by atoms with E-state index in [1.165, 1.54) is 8.24 Å². The molecule has 0 radical (unpaired) electrons. The van der Waals surface area contributed by atoms with Gasteiger partial charge in [-0.1, -0.05) is 0 Å². The van der Waals surface area contributed by atoms with E-state index in [1.807, 2.05) is 12.1 Å². The minimum absolute atomic E-state index is 0.348. The average Bonchev–Trinajstić information content (AvgIpc) is 2.67. The van der Waals surface area contributed by atoms with E-state index < -0.39 is 0 Å². The van der Waals surface area contributed by atoms with Gasteiger partial charge < -0.3 is 0 Å². The summed E-state index contributed by atoms with van der Waals surface area (Å²) < 4.78 is 2.66. The van der Waals surface area contributed by atoms with Gasteiger partial charge in [-0.2, -0.15) is 0 Å². The van der Waals surface area contributed by atoms with E-state index in [-0.39, 0.29) is 0 Å². The van der Waals surface area contributed by atoms with Crippen molar-refractivity contribution >= 4 is 34.5 Å². The maximum absolute atomic E-state index is 8.68. The topological polar surface area (TPSA) is 23.8 Å². The molecule has 1 heterocycles. The maximum atomic E-state index is 8.68. The Morgan fingerprint density at radius 2 is 1.86 bits per heavy atom. The molecule has 0 aliphatic carbocycles. The van der Waals surface area contributed by atoms with E-state index in [4.69, 9.17) is 5.26 Å². The minimum atomic E-state index is 0.348. The van der Waals surface area contributed by atoms with E-state index in [0.29, 0.717) is 15.0 Å². The van der Waals surface area contributed by atoms with Crippen molar-refractivity contribution in [2.45, 2.75) is 0 Å². The number of thiophene rings is 1. The summed E-state index contributed by atoms with van der Waals surface area (Å²) in [6, 6.07) is 16.5. The average molecular weight is 264 g/mol. The SMILES string of the molecule is N#Cc1ccc([Se]c2ccccc2)s1. The second kappa shape index (κ2) is 4.43. The standard InChI is InChI=1S/C11H7NSSe/c12-8-9-6-7-11(13-9)14-10-4-2-1-3-5-10/h1-7H. The van der Waals surface area contributed by atoms with Gasteiger partial charge >= 0.3 is 93.2 Å². The van der Waals surface area contributed by atoms with Gasteiger partial charge in [0.2, 0.25) is 0 Å². The van der Waals surface area contributed by atoms with Crippen LogP contribution < -0.4 is 8.24 Å². The molecule has 0 aliphatic heterocycles. The Labute approximate surface area is 93.2 Å². The summed E-state index contributed by atoms with van der Waals surface area (Å²) in [5.41, 5.74) is 0.